The number of pyridine rings is 1. The second-order valence-corrected chi connectivity index (χ2v) is 9.00. The highest BCUT2D eigenvalue weighted by atomic mass is 19.4. The van der Waals surface area contributed by atoms with Crippen LogP contribution >= 0.6 is 0 Å². The number of amides is 1. The third kappa shape index (κ3) is 4.38. The molecule has 9 heteroatoms. The Labute approximate surface area is 200 Å². The number of nitrogens with two attached hydrogens (primary N) is 1. The molecule has 2 aromatic carbocycles. The van der Waals surface area contributed by atoms with Crippen LogP contribution in [0, 0.1) is 0 Å². The molecule has 3 heterocycles. The van der Waals surface area contributed by atoms with Crippen LogP contribution in [-0.4, -0.2) is 30.1 Å². The standard InChI is InChI=1S/C26H25F3N4O2/c27-26(28,29)18-7-5-17(6-8-18)16-32-24(34)23-25(20-3-1-2-4-21(20)35-23)10-13-33(14-11-25)22-15-19(30)9-12-31-22/h1-9,12,15,23H,10-11,13-14,16H2,(H2,30,31)(H,32,34). The van der Waals surface area contributed by atoms with Crippen molar-refractivity contribution in [2.75, 3.05) is 23.7 Å². The summed E-state index contributed by atoms with van der Waals surface area (Å²) >= 11 is 0. The maximum Gasteiger partial charge on any atom is 0.416 e. The number of anilines is 2. The van der Waals surface area contributed by atoms with Crippen LogP contribution < -0.4 is 20.7 Å². The fourth-order valence-corrected chi connectivity index (χ4v) is 5.03. The smallest absolute Gasteiger partial charge is 0.416 e. The number of nitrogen functional groups attached to an aromatic ring is 1. The number of benzene rings is 2. The first-order valence-electron chi connectivity index (χ1n) is 11.4. The fraction of sp³-hybridized carbons (Fsp3) is 0.308. The molecule has 3 N–H and O–H groups in total. The minimum absolute atomic E-state index is 0.114. The summed E-state index contributed by atoms with van der Waals surface area (Å²) in [6.07, 6.45) is -2.09. The molecule has 35 heavy (non-hydrogen) atoms. The molecule has 2 aliphatic rings. The van der Waals surface area contributed by atoms with Crippen LogP contribution in [0.4, 0.5) is 24.7 Å². The van der Waals surface area contributed by atoms with Gasteiger partial charge in [0.05, 0.1) is 5.56 Å². The Balaban J connectivity index is 1.32. The van der Waals surface area contributed by atoms with Crippen LogP contribution in [0.2, 0.25) is 0 Å². The Hall–Kier alpha value is -3.75. The lowest BCUT2D eigenvalue weighted by atomic mass is 9.69. The lowest BCUT2D eigenvalue weighted by Gasteiger charge is -2.42. The van der Waals surface area contributed by atoms with E-state index in [2.05, 4.69) is 15.2 Å². The van der Waals surface area contributed by atoms with E-state index in [0.29, 0.717) is 42.9 Å². The molecule has 0 bridgehead atoms. The van der Waals surface area contributed by atoms with E-state index < -0.39 is 23.3 Å². The number of ether oxygens (including phenoxy) is 1. The van der Waals surface area contributed by atoms with Gasteiger partial charge in [0.15, 0.2) is 6.10 Å². The molecule has 1 unspecified atom stereocenters. The van der Waals surface area contributed by atoms with Crippen molar-refractivity contribution in [3.8, 4) is 5.75 Å². The van der Waals surface area contributed by atoms with Gasteiger partial charge < -0.3 is 20.7 Å². The molecule has 0 radical (unpaired) electrons. The fourth-order valence-electron chi connectivity index (χ4n) is 5.03. The zero-order valence-corrected chi connectivity index (χ0v) is 18.9. The van der Waals surface area contributed by atoms with Gasteiger partial charge in [-0.3, -0.25) is 4.79 Å². The largest absolute Gasteiger partial charge is 0.479 e. The van der Waals surface area contributed by atoms with Gasteiger partial charge in [-0.1, -0.05) is 30.3 Å². The van der Waals surface area contributed by atoms with E-state index in [4.69, 9.17) is 10.5 Å². The molecule has 0 aliphatic carbocycles. The first-order chi connectivity index (χ1) is 16.8. The number of nitrogens with zero attached hydrogens (tertiary/aromatic N) is 2. The number of nitrogens with one attached hydrogen (secondary N) is 1. The van der Waals surface area contributed by atoms with Gasteiger partial charge in [0.25, 0.3) is 5.91 Å². The van der Waals surface area contributed by atoms with E-state index in [1.165, 1.54) is 12.1 Å². The predicted molar refractivity (Wildman–Crippen MR) is 126 cm³/mol. The molecule has 1 aromatic heterocycles. The number of hydrogen-bond acceptors (Lipinski definition) is 5. The van der Waals surface area contributed by atoms with Gasteiger partial charge in [0, 0.05) is 48.6 Å². The summed E-state index contributed by atoms with van der Waals surface area (Å²) in [4.78, 5) is 19.9. The highest BCUT2D eigenvalue weighted by molar-refractivity contribution is 5.85. The van der Waals surface area contributed by atoms with E-state index in [1.807, 2.05) is 30.3 Å². The SMILES string of the molecule is Nc1ccnc(N2CCC3(CC2)c2ccccc2OC3C(=O)NCc2ccc(C(F)(F)F)cc2)c1. The zero-order chi connectivity index (χ0) is 24.6. The summed E-state index contributed by atoms with van der Waals surface area (Å²) in [5.41, 5.74) is 6.93. The van der Waals surface area contributed by atoms with E-state index in [1.54, 1.807) is 12.3 Å². The van der Waals surface area contributed by atoms with Crippen molar-refractivity contribution in [1.82, 2.24) is 10.3 Å². The van der Waals surface area contributed by atoms with E-state index in [0.717, 1.165) is 23.5 Å². The van der Waals surface area contributed by atoms with Crippen molar-refractivity contribution < 1.29 is 22.7 Å². The van der Waals surface area contributed by atoms with Crippen molar-refractivity contribution in [3.05, 3.63) is 83.6 Å². The van der Waals surface area contributed by atoms with E-state index in [9.17, 15) is 18.0 Å². The molecular weight excluding hydrogens is 457 g/mol. The van der Waals surface area contributed by atoms with Crippen LogP contribution in [-0.2, 0) is 22.9 Å². The maximum atomic E-state index is 13.3. The molecule has 182 valence electrons. The summed E-state index contributed by atoms with van der Waals surface area (Å²) in [5.74, 6) is 1.21. The summed E-state index contributed by atoms with van der Waals surface area (Å²) < 4.78 is 44.6. The quantitative estimate of drug-likeness (QED) is 0.580. The number of alkyl halides is 3. The topological polar surface area (TPSA) is 80.5 Å². The Kier molecular flexibility index (Phi) is 5.78. The number of para-hydroxylation sites is 1. The van der Waals surface area contributed by atoms with Gasteiger partial charge >= 0.3 is 6.18 Å². The average molecular weight is 483 g/mol. The maximum absolute atomic E-state index is 13.3. The van der Waals surface area contributed by atoms with Crippen molar-refractivity contribution in [1.29, 1.82) is 0 Å². The second-order valence-electron chi connectivity index (χ2n) is 9.00. The molecule has 5 rings (SSSR count). The first-order valence-corrected chi connectivity index (χ1v) is 11.4. The number of halogens is 3. The van der Waals surface area contributed by atoms with Crippen LogP contribution in [0.5, 0.6) is 5.75 Å². The molecule has 1 spiro atoms. The Morgan fingerprint density at radius 2 is 1.83 bits per heavy atom. The number of carbonyl (C=O) groups excluding carboxylic acids is 1. The highest BCUT2D eigenvalue weighted by Gasteiger charge is 2.53. The third-order valence-electron chi connectivity index (χ3n) is 6.91. The molecular formula is C26H25F3N4O2. The number of carbonyl (C=O) groups is 1. The number of piperidine rings is 1. The minimum Gasteiger partial charge on any atom is -0.479 e. The molecule has 3 aromatic rings. The van der Waals surface area contributed by atoms with E-state index >= 15 is 0 Å². The van der Waals surface area contributed by atoms with Gasteiger partial charge in [-0.05, 0) is 42.7 Å². The molecule has 1 atom stereocenters. The van der Waals surface area contributed by atoms with Crippen molar-refractivity contribution in [2.24, 2.45) is 0 Å². The Bertz CT molecular complexity index is 1220. The van der Waals surface area contributed by atoms with E-state index in [-0.39, 0.29) is 12.5 Å². The van der Waals surface area contributed by atoms with Crippen molar-refractivity contribution >= 4 is 17.4 Å². The minimum atomic E-state index is -4.40. The van der Waals surface area contributed by atoms with Gasteiger partial charge in [-0.25, -0.2) is 4.98 Å². The molecule has 2 aliphatic heterocycles. The first kappa shape index (κ1) is 23.0. The van der Waals surface area contributed by atoms with Crippen LogP contribution in [0.25, 0.3) is 0 Å². The monoisotopic (exact) mass is 482 g/mol. The molecule has 6 nitrogen and oxygen atoms in total. The highest BCUT2D eigenvalue weighted by Crippen LogP contribution is 2.49. The molecule has 1 amide bonds. The van der Waals surface area contributed by atoms with Gasteiger partial charge in [-0.2, -0.15) is 13.2 Å². The lowest BCUT2D eigenvalue weighted by molar-refractivity contribution is -0.137. The van der Waals surface area contributed by atoms with Gasteiger partial charge in [0.1, 0.15) is 11.6 Å². The number of fused-ring (bicyclic) bond motifs is 2. The Morgan fingerprint density at radius 3 is 2.51 bits per heavy atom. The normalized spacial score (nSPS) is 18.7. The summed E-state index contributed by atoms with van der Waals surface area (Å²) in [6.45, 7) is 1.47. The van der Waals surface area contributed by atoms with Crippen LogP contribution in [0.3, 0.4) is 0 Å². The van der Waals surface area contributed by atoms with Crippen LogP contribution in [0.15, 0.2) is 66.9 Å². The van der Waals surface area contributed by atoms with Gasteiger partial charge in [0.2, 0.25) is 0 Å². The third-order valence-corrected chi connectivity index (χ3v) is 6.91. The van der Waals surface area contributed by atoms with Crippen molar-refractivity contribution in [2.45, 2.75) is 37.1 Å². The molecule has 0 saturated carbocycles. The van der Waals surface area contributed by atoms with Gasteiger partial charge in [-0.15, -0.1) is 0 Å². The second kappa shape index (κ2) is 8.79. The zero-order valence-electron chi connectivity index (χ0n) is 18.9. The summed E-state index contributed by atoms with van der Waals surface area (Å²) in [6, 6.07) is 16.1. The average Bonchev–Trinajstić information content (AvgIpc) is 3.16. The lowest BCUT2D eigenvalue weighted by Crippen LogP contribution is -2.54. The number of hydrogen-bond donors (Lipinski definition) is 2. The van der Waals surface area contributed by atoms with Crippen LogP contribution in [0.1, 0.15) is 29.5 Å². The molecule has 1 saturated heterocycles. The predicted octanol–water partition coefficient (Wildman–Crippen LogP) is 4.30. The molecule has 1 fully saturated rings. The Morgan fingerprint density at radius 1 is 1.11 bits per heavy atom. The van der Waals surface area contributed by atoms with Crippen molar-refractivity contribution in [3.63, 3.8) is 0 Å². The summed E-state index contributed by atoms with van der Waals surface area (Å²) in [7, 11) is 0. The number of aromatic nitrogens is 1. The summed E-state index contributed by atoms with van der Waals surface area (Å²) in [5, 5.41) is 2.87. The number of rotatable bonds is 4.